The highest BCUT2D eigenvalue weighted by Crippen LogP contribution is 2.38. The number of hydrogen-bond acceptors (Lipinski definition) is 4. The topological polar surface area (TPSA) is 77.2 Å². The molecule has 0 fully saturated rings. The van der Waals surface area contributed by atoms with Crippen LogP contribution in [0.4, 0.5) is 4.39 Å². The number of rotatable bonds is 8. The van der Waals surface area contributed by atoms with Crippen LogP contribution in [0.1, 0.15) is 62.3 Å². The SMILES string of the molecule is CCn1nnc2c(F)c(C(CC(=O)O)c3ccc(C)c(CO[Si](C)(C)C(C)(C)C)c3)ccc21. The summed E-state index contributed by atoms with van der Waals surface area (Å²) in [4.78, 5) is 11.7. The van der Waals surface area contributed by atoms with Gasteiger partial charge >= 0.3 is 5.97 Å². The molecule has 0 aliphatic heterocycles. The molecule has 1 atom stereocenters. The number of hydrogen-bond donors (Lipinski definition) is 1. The first-order valence-electron chi connectivity index (χ1n) is 11.3. The van der Waals surface area contributed by atoms with Gasteiger partial charge in [-0.05, 0) is 60.3 Å². The second-order valence-electron chi connectivity index (χ2n) is 10.1. The van der Waals surface area contributed by atoms with Crippen molar-refractivity contribution < 1.29 is 18.7 Å². The van der Waals surface area contributed by atoms with E-state index in [4.69, 9.17) is 4.43 Å². The second kappa shape index (κ2) is 9.35. The van der Waals surface area contributed by atoms with Crippen molar-refractivity contribution in [2.45, 2.75) is 78.2 Å². The highest BCUT2D eigenvalue weighted by atomic mass is 28.4. The molecular formula is C25H34FN3O3Si. The Balaban J connectivity index is 2.02. The fourth-order valence-electron chi connectivity index (χ4n) is 3.64. The third-order valence-corrected chi connectivity index (χ3v) is 11.4. The number of aliphatic carboxylic acids is 1. The summed E-state index contributed by atoms with van der Waals surface area (Å²) in [5, 5.41) is 17.7. The highest BCUT2D eigenvalue weighted by Gasteiger charge is 2.37. The van der Waals surface area contributed by atoms with Crippen molar-refractivity contribution in [2.75, 3.05) is 0 Å². The molecule has 0 amide bonds. The molecule has 178 valence electrons. The molecule has 33 heavy (non-hydrogen) atoms. The third-order valence-electron chi connectivity index (χ3n) is 6.88. The Hall–Kier alpha value is -2.58. The Morgan fingerprint density at radius 3 is 2.55 bits per heavy atom. The third kappa shape index (κ3) is 5.17. The van der Waals surface area contributed by atoms with Crippen molar-refractivity contribution in [3.05, 3.63) is 58.4 Å². The molecule has 0 saturated heterocycles. The van der Waals surface area contributed by atoms with Crippen LogP contribution in [-0.2, 0) is 22.4 Å². The maximum Gasteiger partial charge on any atom is 0.304 e. The van der Waals surface area contributed by atoms with Gasteiger partial charge in [0.2, 0.25) is 0 Å². The molecule has 0 saturated carbocycles. The Labute approximate surface area is 195 Å². The minimum Gasteiger partial charge on any atom is -0.481 e. The van der Waals surface area contributed by atoms with E-state index in [1.165, 1.54) is 0 Å². The maximum atomic E-state index is 15.5. The molecule has 0 bridgehead atoms. The molecule has 1 heterocycles. The van der Waals surface area contributed by atoms with Crippen LogP contribution in [0.3, 0.4) is 0 Å². The normalized spacial score (nSPS) is 13.5. The first-order valence-corrected chi connectivity index (χ1v) is 14.2. The van der Waals surface area contributed by atoms with Gasteiger partial charge in [-0.25, -0.2) is 9.07 Å². The molecule has 1 aromatic heterocycles. The fraction of sp³-hybridized carbons (Fsp3) is 0.480. The summed E-state index contributed by atoms with van der Waals surface area (Å²) in [6.45, 7) is 15.9. The molecule has 0 spiro atoms. The second-order valence-corrected chi connectivity index (χ2v) is 14.9. The number of nitrogens with zero attached hydrogens (tertiary/aromatic N) is 3. The number of carboxylic acids is 1. The molecule has 1 N–H and O–H groups in total. The number of halogens is 1. The molecule has 8 heteroatoms. The molecule has 3 aromatic rings. The molecule has 2 aromatic carbocycles. The van der Waals surface area contributed by atoms with E-state index in [1.54, 1.807) is 16.8 Å². The van der Waals surface area contributed by atoms with E-state index in [0.29, 0.717) is 24.2 Å². The zero-order valence-corrected chi connectivity index (χ0v) is 21.6. The first kappa shape index (κ1) is 25.0. The van der Waals surface area contributed by atoms with E-state index in [-0.39, 0.29) is 17.0 Å². The van der Waals surface area contributed by atoms with Gasteiger partial charge in [-0.1, -0.05) is 50.3 Å². The van der Waals surface area contributed by atoms with Gasteiger partial charge in [-0.15, -0.1) is 5.10 Å². The average molecular weight is 472 g/mol. The van der Waals surface area contributed by atoms with Gasteiger partial charge in [0.15, 0.2) is 14.1 Å². The molecule has 0 aliphatic carbocycles. The van der Waals surface area contributed by atoms with Crippen LogP contribution in [0.15, 0.2) is 30.3 Å². The van der Waals surface area contributed by atoms with Crippen LogP contribution in [0, 0.1) is 12.7 Å². The number of fused-ring (bicyclic) bond motifs is 1. The lowest BCUT2D eigenvalue weighted by Gasteiger charge is -2.36. The van der Waals surface area contributed by atoms with Gasteiger partial charge in [0.25, 0.3) is 0 Å². The summed E-state index contributed by atoms with van der Waals surface area (Å²) in [5.41, 5.74) is 3.88. The highest BCUT2D eigenvalue weighted by molar-refractivity contribution is 6.74. The van der Waals surface area contributed by atoms with E-state index < -0.39 is 26.0 Å². The van der Waals surface area contributed by atoms with Crippen molar-refractivity contribution >= 4 is 25.3 Å². The summed E-state index contributed by atoms with van der Waals surface area (Å²) < 4.78 is 23.5. The first-order chi connectivity index (χ1) is 15.4. The standard InChI is InChI=1S/C25H34FN3O3Si/c1-8-29-21-12-11-19(23(26)24(21)27-28-29)20(14-22(30)31)17-10-9-16(2)18(13-17)15-32-33(6,7)25(3,4)5/h9-13,20H,8,14-15H2,1-7H3,(H,30,31). The van der Waals surface area contributed by atoms with E-state index in [2.05, 4.69) is 44.2 Å². The molecule has 0 radical (unpaired) electrons. The van der Waals surface area contributed by atoms with Gasteiger partial charge in [-0.3, -0.25) is 4.79 Å². The van der Waals surface area contributed by atoms with Crippen LogP contribution < -0.4 is 0 Å². The smallest absolute Gasteiger partial charge is 0.304 e. The van der Waals surface area contributed by atoms with Crippen molar-refractivity contribution in [1.82, 2.24) is 15.0 Å². The number of aryl methyl sites for hydroxylation is 2. The van der Waals surface area contributed by atoms with Gasteiger partial charge in [0.05, 0.1) is 18.5 Å². The molecular weight excluding hydrogens is 437 g/mol. The number of benzene rings is 2. The number of carboxylic acid groups (broad SMARTS) is 1. The zero-order chi connectivity index (χ0) is 24.6. The molecule has 3 rings (SSSR count). The summed E-state index contributed by atoms with van der Waals surface area (Å²) in [5.74, 6) is -2.15. The molecule has 1 unspecified atom stereocenters. The van der Waals surface area contributed by atoms with Crippen molar-refractivity contribution in [3.63, 3.8) is 0 Å². The van der Waals surface area contributed by atoms with Crippen LogP contribution in [0.2, 0.25) is 18.1 Å². The van der Waals surface area contributed by atoms with E-state index in [1.807, 2.05) is 32.0 Å². The van der Waals surface area contributed by atoms with Crippen molar-refractivity contribution in [2.24, 2.45) is 0 Å². The van der Waals surface area contributed by atoms with Crippen LogP contribution in [0.5, 0.6) is 0 Å². The fourth-order valence-corrected chi connectivity index (χ4v) is 4.59. The Bertz CT molecular complexity index is 1170. The molecule has 0 aliphatic rings. The predicted molar refractivity (Wildman–Crippen MR) is 130 cm³/mol. The summed E-state index contributed by atoms with van der Waals surface area (Å²) in [7, 11) is -1.96. The summed E-state index contributed by atoms with van der Waals surface area (Å²) >= 11 is 0. The number of aromatic nitrogens is 3. The lowest BCUT2D eigenvalue weighted by atomic mass is 9.86. The van der Waals surface area contributed by atoms with Gasteiger partial charge < -0.3 is 9.53 Å². The van der Waals surface area contributed by atoms with Gasteiger partial charge in [-0.2, -0.15) is 0 Å². The Morgan fingerprint density at radius 1 is 1.24 bits per heavy atom. The lowest BCUT2D eigenvalue weighted by Crippen LogP contribution is -2.40. The molecule has 6 nitrogen and oxygen atoms in total. The minimum atomic E-state index is -1.96. The van der Waals surface area contributed by atoms with Crippen molar-refractivity contribution in [3.8, 4) is 0 Å². The van der Waals surface area contributed by atoms with Crippen molar-refractivity contribution in [1.29, 1.82) is 0 Å². The average Bonchev–Trinajstić information content (AvgIpc) is 3.15. The summed E-state index contributed by atoms with van der Waals surface area (Å²) in [6.07, 6.45) is -0.226. The van der Waals surface area contributed by atoms with Crippen LogP contribution in [-0.4, -0.2) is 34.4 Å². The van der Waals surface area contributed by atoms with E-state index in [0.717, 1.165) is 16.7 Å². The van der Waals surface area contributed by atoms with Crippen LogP contribution >= 0.6 is 0 Å². The quantitative estimate of drug-likeness (QED) is 0.406. The lowest BCUT2D eigenvalue weighted by molar-refractivity contribution is -0.137. The zero-order valence-electron chi connectivity index (χ0n) is 20.6. The minimum absolute atomic E-state index is 0.0822. The van der Waals surface area contributed by atoms with E-state index in [9.17, 15) is 9.90 Å². The van der Waals surface area contributed by atoms with Gasteiger partial charge in [0, 0.05) is 12.5 Å². The van der Waals surface area contributed by atoms with E-state index >= 15 is 4.39 Å². The Morgan fingerprint density at radius 2 is 1.94 bits per heavy atom. The van der Waals surface area contributed by atoms with Gasteiger partial charge in [0.1, 0.15) is 5.52 Å². The Kier molecular flexibility index (Phi) is 7.09. The maximum absolute atomic E-state index is 15.5. The monoisotopic (exact) mass is 471 g/mol. The largest absolute Gasteiger partial charge is 0.481 e. The number of carbonyl (C=O) groups is 1. The predicted octanol–water partition coefficient (Wildman–Crippen LogP) is 6.03. The summed E-state index contributed by atoms with van der Waals surface area (Å²) in [6, 6.07) is 9.22. The van der Waals surface area contributed by atoms with Crippen LogP contribution in [0.25, 0.3) is 11.0 Å².